The van der Waals surface area contributed by atoms with Gasteiger partial charge in [0.15, 0.2) is 51.4 Å². The number of hydrogen-bond donors (Lipinski definition) is 9. The van der Waals surface area contributed by atoms with Gasteiger partial charge in [0.2, 0.25) is 11.9 Å². The molecular formula is C80H92N10O22SSi2. The monoisotopic (exact) mass is 1630 g/mol. The molecule has 11 atom stereocenters. The molecule has 32 nitrogen and oxygen atoms in total. The van der Waals surface area contributed by atoms with Gasteiger partial charge in [-0.15, -0.1) is 0 Å². The van der Waals surface area contributed by atoms with E-state index in [2.05, 4.69) is 46.2 Å². The topological polar surface area (TPSA) is 468 Å². The number of carboxylic acids is 1. The number of nitrogens with two attached hydrogens (primary N) is 1. The number of benzene rings is 4. The molecule has 10 N–H and O–H groups in total. The smallest absolute Gasteiger partial charge is 0.338 e. The van der Waals surface area contributed by atoms with Crippen LogP contribution in [0.15, 0.2) is 165 Å². The number of anilines is 2. The number of aromatic amines is 1. The van der Waals surface area contributed by atoms with Crippen molar-refractivity contribution in [3.8, 4) is 0 Å². The summed E-state index contributed by atoms with van der Waals surface area (Å²) in [6, 6.07) is 29.0. The summed E-state index contributed by atoms with van der Waals surface area (Å²) in [4.78, 5) is 173. The maximum atomic E-state index is 16.8. The summed E-state index contributed by atoms with van der Waals surface area (Å²) < 4.78 is 50.9. The highest BCUT2D eigenvalue weighted by Gasteiger charge is 2.79. The molecule has 2 saturated carbocycles. The molecule has 608 valence electrons. The number of thioether (sulfide) groups is 1. The fraction of sp³-hybridized carbons (Fsp3) is 0.412. The van der Waals surface area contributed by atoms with E-state index < -0.39 is 173 Å². The van der Waals surface area contributed by atoms with Crippen LogP contribution in [0.1, 0.15) is 134 Å². The molecule has 3 aliphatic carbocycles. The standard InChI is InChI=1S/C80H92N10O22SSi2/c1-45-54(107-74(103)64(97)62(47-21-13-10-14-22-47)88-71(100)48-23-15-11-16-24-48)38-80(104)68(110-73(102)50-25-17-12-18-26-50)66-78(5,67(98)65(61(45)77(80,3)4)109-60(96)34-33-58(93)94)55(37-56-79(66,43-105-56)111-46(2)91)108-59(95)28-20-36-114(6,7)112-115(8,9)44-113-76-86-42-53(106-76)41-84-57(92)27-19-35-82-70(99)49-29-31-51(32-30-49)83-39-52-40-85-69-63(87-52)72(101)90-75(81)89-69/h10-18,20-26,29-32,36,40,42,54-56,62,64-66,68,83,97,104H,19,27-28,33-35,37-39,41,43-44H2,1-9H3,(H,82,99)(H,84,92)(H,88,100)(H,93,94)(H3,81,85,89,90,101)/b36-20+/t54-,55-,56+,62-,64+,65+,66-,68-,78+,79-,80+/m0/s1. The minimum absolute atomic E-state index is 0.00327. The quantitative estimate of drug-likeness (QED) is 0.00494. The van der Waals surface area contributed by atoms with E-state index in [0.717, 1.165) is 6.92 Å². The highest BCUT2D eigenvalue weighted by atomic mass is 32.2. The third-order valence-corrected chi connectivity index (χ3v) is 30.2. The number of aliphatic hydroxyl groups is 2. The van der Waals surface area contributed by atoms with Crippen molar-refractivity contribution in [2.75, 3.05) is 29.6 Å². The van der Waals surface area contributed by atoms with E-state index in [1.54, 1.807) is 103 Å². The van der Waals surface area contributed by atoms with Crippen LogP contribution >= 0.6 is 11.8 Å². The van der Waals surface area contributed by atoms with Crippen LogP contribution < -0.4 is 32.6 Å². The van der Waals surface area contributed by atoms with Crippen LogP contribution in [-0.4, -0.2) is 183 Å². The highest BCUT2D eigenvalue weighted by Crippen LogP contribution is 2.65. The van der Waals surface area contributed by atoms with Gasteiger partial charge in [-0.2, -0.15) is 4.98 Å². The second-order valence-electron chi connectivity index (χ2n) is 30.6. The molecule has 3 amide bonds. The number of rotatable bonds is 32. The Morgan fingerprint density at radius 3 is 2.11 bits per heavy atom. The van der Waals surface area contributed by atoms with Crippen LogP contribution in [0, 0.1) is 16.7 Å². The van der Waals surface area contributed by atoms with Crippen molar-refractivity contribution in [3.63, 3.8) is 0 Å². The number of nitrogens with zero attached hydrogens (tertiary/aromatic N) is 4. The van der Waals surface area contributed by atoms with Crippen LogP contribution in [-0.2, 0) is 79.2 Å². The molecule has 11 rings (SSSR count). The normalized spacial score (nSPS) is 22.8. The SMILES string of the molecule is CC(=O)O[C@@]12CO[C@@H]1C[C@H](OC(=O)C/C=C/[Si](C)(C)O[Si](C)(C)CSc1ncc(CNC(=O)CCCNC(=O)c3ccc(NCc4cnc5nc(N)[nH]c(=O)c5n4)cc3)o1)[C@@]1(C)C(=O)[C@H](OC(=O)CCC(=O)O)C3=C(C)[C@@H](OC(=O)[C@H](O)[C@@H](NC(=O)c4ccccc4)c4ccccc4)C[C@@](O)([C@@H](OC(=O)c4ccccc4)[C@H]21)C3(C)C. The number of nitrogens with one attached hydrogen (secondary N) is 5. The zero-order chi connectivity index (χ0) is 83.0. The third kappa shape index (κ3) is 19.3. The van der Waals surface area contributed by atoms with Crippen LogP contribution in [0.2, 0.25) is 26.2 Å². The number of carbonyl (C=O) groups excluding carboxylic acids is 9. The number of amides is 3. The molecule has 0 unspecified atom stereocenters. The van der Waals surface area contributed by atoms with Crippen molar-refractivity contribution in [3.05, 3.63) is 195 Å². The molecule has 115 heavy (non-hydrogen) atoms. The largest absolute Gasteiger partial charge is 0.481 e. The molecule has 35 heteroatoms. The molecule has 3 fully saturated rings. The second kappa shape index (κ2) is 35.3. The number of nitrogen functional groups attached to an aromatic ring is 1. The van der Waals surface area contributed by atoms with Crippen LogP contribution in [0.5, 0.6) is 0 Å². The number of ether oxygens (including phenoxy) is 6. The van der Waals surface area contributed by atoms with E-state index in [4.69, 9.17) is 42.7 Å². The first-order chi connectivity index (χ1) is 54.5. The lowest BCUT2D eigenvalue weighted by Gasteiger charge is -2.67. The first kappa shape index (κ1) is 84.8. The number of ketones is 1. The van der Waals surface area contributed by atoms with Gasteiger partial charge in [-0.1, -0.05) is 104 Å². The van der Waals surface area contributed by atoms with E-state index in [1.165, 1.54) is 76.1 Å². The van der Waals surface area contributed by atoms with E-state index in [0.29, 0.717) is 39.7 Å². The Balaban J connectivity index is 0.766. The zero-order valence-corrected chi connectivity index (χ0v) is 67.6. The van der Waals surface area contributed by atoms with Crippen molar-refractivity contribution in [2.24, 2.45) is 16.7 Å². The van der Waals surface area contributed by atoms with Crippen molar-refractivity contribution < 1.29 is 100 Å². The van der Waals surface area contributed by atoms with Crippen LogP contribution in [0.25, 0.3) is 11.2 Å². The van der Waals surface area contributed by atoms with Crippen LogP contribution in [0.4, 0.5) is 11.6 Å². The summed E-state index contributed by atoms with van der Waals surface area (Å²) in [6.45, 7) is 14.8. The lowest BCUT2D eigenvalue weighted by atomic mass is 9.44. The van der Waals surface area contributed by atoms with Gasteiger partial charge in [0.25, 0.3) is 22.6 Å². The first-order valence-corrected chi connectivity index (χ1v) is 44.4. The van der Waals surface area contributed by atoms with Crippen molar-refractivity contribution in [1.29, 1.82) is 0 Å². The molecule has 0 spiro atoms. The number of Topliss-reactive ketones (excluding diaryl/α,β-unsaturated/α-hetero) is 1. The van der Waals surface area contributed by atoms with E-state index in [-0.39, 0.29) is 89.2 Å². The number of H-pyrrole nitrogens is 1. The Morgan fingerprint density at radius 1 is 0.783 bits per heavy atom. The zero-order valence-electron chi connectivity index (χ0n) is 64.8. The lowest BCUT2D eigenvalue weighted by Crippen LogP contribution is -2.82. The molecule has 1 saturated heterocycles. The summed E-state index contributed by atoms with van der Waals surface area (Å²) in [5.41, 5.74) is -0.0193. The fourth-order valence-electron chi connectivity index (χ4n) is 15.5. The Bertz CT molecular complexity index is 4960. The van der Waals surface area contributed by atoms with Crippen molar-refractivity contribution >= 4 is 111 Å². The van der Waals surface area contributed by atoms with E-state index in [9.17, 15) is 58.5 Å². The highest BCUT2D eigenvalue weighted by molar-refractivity contribution is 8.00. The number of oxazole rings is 1. The van der Waals surface area contributed by atoms with Gasteiger partial charge in [-0.05, 0) is 112 Å². The van der Waals surface area contributed by atoms with Gasteiger partial charge in [-0.25, -0.2) is 24.5 Å². The number of aliphatic hydroxyl groups excluding tert-OH is 1. The van der Waals surface area contributed by atoms with Gasteiger partial charge in [0.1, 0.15) is 35.8 Å². The lowest BCUT2D eigenvalue weighted by molar-refractivity contribution is -0.346. The Labute approximate surface area is 667 Å². The molecule has 2 bridgehead atoms. The number of esters is 5. The summed E-state index contributed by atoms with van der Waals surface area (Å²) in [5, 5.41) is 48.7. The van der Waals surface area contributed by atoms with Crippen molar-refractivity contribution in [2.45, 2.75) is 178 Å². The first-order valence-electron chi connectivity index (χ1n) is 37.3. The second-order valence-corrected chi connectivity index (χ2v) is 40.3. The molecule has 0 radical (unpaired) electrons. The summed E-state index contributed by atoms with van der Waals surface area (Å²) in [7, 11) is -5.39. The third-order valence-electron chi connectivity index (χ3n) is 21.1. The number of aromatic nitrogens is 5. The Hall–Kier alpha value is -11.1. The van der Waals surface area contributed by atoms with Gasteiger partial charge < -0.3 is 79.3 Å². The predicted molar refractivity (Wildman–Crippen MR) is 419 cm³/mol. The van der Waals surface area contributed by atoms with Gasteiger partial charge >= 0.3 is 35.8 Å². The summed E-state index contributed by atoms with van der Waals surface area (Å²) in [6.07, 6.45) is -8.91. The summed E-state index contributed by atoms with van der Waals surface area (Å²) in [5.74, 6) is -10.5. The molecule has 4 aliphatic rings. The van der Waals surface area contributed by atoms with Gasteiger partial charge in [-0.3, -0.25) is 48.1 Å². The number of fused-ring (bicyclic) bond motifs is 6. The summed E-state index contributed by atoms with van der Waals surface area (Å²) >= 11 is 1.33. The number of aliphatic carboxylic acids is 1. The maximum absolute atomic E-state index is 16.8. The van der Waals surface area contributed by atoms with E-state index in [1.807, 2.05) is 26.2 Å². The number of carboxylic acid groups (broad SMARTS) is 1. The molecule has 3 aromatic heterocycles. The van der Waals surface area contributed by atoms with E-state index >= 15 is 9.59 Å². The molecule has 4 heterocycles. The van der Waals surface area contributed by atoms with Gasteiger partial charge in [0, 0.05) is 60.3 Å². The minimum Gasteiger partial charge on any atom is -0.481 e. The fourth-order valence-corrected chi connectivity index (χ4v) is 25.1. The minimum atomic E-state index is -2.81. The molecule has 4 aromatic carbocycles. The number of hydrogen-bond acceptors (Lipinski definition) is 28. The molecule has 7 aromatic rings. The van der Waals surface area contributed by atoms with Crippen molar-refractivity contribution in [1.82, 2.24) is 40.9 Å². The average Bonchev–Trinajstić information content (AvgIpc) is 0.834. The predicted octanol–water partition coefficient (Wildman–Crippen LogP) is 7.41. The maximum Gasteiger partial charge on any atom is 0.338 e. The van der Waals surface area contributed by atoms with Gasteiger partial charge in [0.05, 0.1) is 80.0 Å². The molecule has 1 aliphatic heterocycles. The number of carbonyl (C=O) groups is 10. The Kier molecular flexibility index (Phi) is 26.1. The average molecular weight is 1630 g/mol. The Morgan fingerprint density at radius 2 is 1.45 bits per heavy atom. The molecular weight excluding hydrogens is 1540 g/mol. The van der Waals surface area contributed by atoms with Crippen LogP contribution in [0.3, 0.4) is 0 Å².